The first-order chi connectivity index (χ1) is 9.45. The Balaban J connectivity index is 1.92. The summed E-state index contributed by atoms with van der Waals surface area (Å²) in [5, 5.41) is 18.9. The first-order valence-corrected chi connectivity index (χ1v) is 6.55. The predicted octanol–water partition coefficient (Wildman–Crippen LogP) is 1.79. The summed E-state index contributed by atoms with van der Waals surface area (Å²) in [6.07, 6.45) is 0.0700. The molecule has 2 N–H and O–H groups in total. The highest BCUT2D eigenvalue weighted by Crippen LogP contribution is 2.22. The lowest BCUT2D eigenvalue weighted by Gasteiger charge is -2.31. The lowest BCUT2D eigenvalue weighted by molar-refractivity contribution is -0.143. The monoisotopic (exact) mass is 285 g/mol. The molecule has 6 heteroatoms. The fraction of sp³-hybridized carbons (Fsp3) is 0.500. The van der Waals surface area contributed by atoms with Crippen molar-refractivity contribution in [1.82, 2.24) is 4.90 Å². The molecule has 1 aromatic carbocycles. The quantitative estimate of drug-likeness (QED) is 0.885. The molecule has 1 aliphatic heterocycles. The van der Waals surface area contributed by atoms with E-state index in [4.69, 9.17) is 5.11 Å². The Hall–Kier alpha value is -1.53. The van der Waals surface area contributed by atoms with Crippen molar-refractivity contribution in [3.63, 3.8) is 0 Å². The zero-order chi connectivity index (χ0) is 14.7. The van der Waals surface area contributed by atoms with Crippen LogP contribution < -0.4 is 0 Å². The van der Waals surface area contributed by atoms with E-state index >= 15 is 0 Å². The number of aliphatic hydroxyl groups excluding tert-OH is 1. The summed E-state index contributed by atoms with van der Waals surface area (Å²) in [6, 6.07) is 2.98. The van der Waals surface area contributed by atoms with Crippen molar-refractivity contribution in [1.29, 1.82) is 0 Å². The zero-order valence-corrected chi connectivity index (χ0v) is 10.9. The van der Waals surface area contributed by atoms with Gasteiger partial charge in [-0.1, -0.05) is 0 Å². The van der Waals surface area contributed by atoms with E-state index in [9.17, 15) is 18.7 Å². The van der Waals surface area contributed by atoms with E-state index < -0.39 is 23.7 Å². The molecule has 0 aliphatic carbocycles. The fourth-order valence-electron chi connectivity index (χ4n) is 2.48. The lowest BCUT2D eigenvalue weighted by atomic mass is 9.96. The van der Waals surface area contributed by atoms with Crippen molar-refractivity contribution in [3.8, 4) is 0 Å². The van der Waals surface area contributed by atoms with Crippen LogP contribution in [0.4, 0.5) is 8.78 Å². The van der Waals surface area contributed by atoms with Gasteiger partial charge in [-0.2, -0.15) is 0 Å². The maximum Gasteiger partial charge on any atom is 0.306 e. The smallest absolute Gasteiger partial charge is 0.306 e. The van der Waals surface area contributed by atoms with Gasteiger partial charge in [-0.05, 0) is 43.6 Å². The second-order valence-corrected chi connectivity index (χ2v) is 5.13. The number of aliphatic carboxylic acids is 1. The van der Waals surface area contributed by atoms with E-state index in [1.54, 1.807) is 0 Å². The third kappa shape index (κ3) is 3.74. The summed E-state index contributed by atoms with van der Waals surface area (Å²) >= 11 is 0. The van der Waals surface area contributed by atoms with Gasteiger partial charge in [0.2, 0.25) is 0 Å². The zero-order valence-electron chi connectivity index (χ0n) is 10.9. The van der Waals surface area contributed by atoms with Crippen LogP contribution in [0.1, 0.15) is 24.5 Å². The number of likely N-dealkylation sites (tertiary alicyclic amines) is 1. The summed E-state index contributed by atoms with van der Waals surface area (Å²) in [5.74, 6) is -2.57. The minimum atomic E-state index is -0.985. The van der Waals surface area contributed by atoms with Crippen LogP contribution >= 0.6 is 0 Å². The van der Waals surface area contributed by atoms with E-state index in [-0.39, 0.29) is 18.0 Å². The first-order valence-electron chi connectivity index (χ1n) is 6.55. The Bertz CT molecular complexity index is 467. The number of piperidine rings is 1. The van der Waals surface area contributed by atoms with Crippen molar-refractivity contribution in [2.45, 2.75) is 18.9 Å². The molecule has 1 saturated heterocycles. The molecule has 1 fully saturated rings. The van der Waals surface area contributed by atoms with E-state index in [0.717, 1.165) is 18.2 Å². The maximum absolute atomic E-state index is 13.1. The number of carbonyl (C=O) groups is 1. The minimum absolute atomic E-state index is 0.197. The number of nitrogens with zero attached hydrogens (tertiary/aromatic N) is 1. The molecule has 4 nitrogen and oxygen atoms in total. The van der Waals surface area contributed by atoms with Crippen LogP contribution in [0.5, 0.6) is 0 Å². The van der Waals surface area contributed by atoms with Gasteiger partial charge in [-0.25, -0.2) is 8.78 Å². The number of benzene rings is 1. The molecule has 0 bridgehead atoms. The number of aliphatic hydroxyl groups is 1. The van der Waals surface area contributed by atoms with Crippen LogP contribution in [0.15, 0.2) is 18.2 Å². The van der Waals surface area contributed by atoms with Gasteiger partial charge >= 0.3 is 5.97 Å². The molecule has 20 heavy (non-hydrogen) atoms. The van der Waals surface area contributed by atoms with Crippen LogP contribution in [0.25, 0.3) is 0 Å². The molecule has 0 radical (unpaired) electrons. The van der Waals surface area contributed by atoms with Crippen LogP contribution in [0.2, 0.25) is 0 Å². The molecule has 0 spiro atoms. The predicted molar refractivity (Wildman–Crippen MR) is 68.1 cm³/mol. The third-order valence-corrected chi connectivity index (χ3v) is 3.64. The number of rotatable bonds is 4. The van der Waals surface area contributed by atoms with Gasteiger partial charge in [0.25, 0.3) is 0 Å². The number of hydrogen-bond donors (Lipinski definition) is 2. The SMILES string of the molecule is O=C(O)C1CCN(CC(O)c2cc(F)cc(F)c2)CC1. The summed E-state index contributed by atoms with van der Waals surface area (Å²) in [6.45, 7) is 1.37. The summed E-state index contributed by atoms with van der Waals surface area (Å²) in [7, 11) is 0. The van der Waals surface area contributed by atoms with Gasteiger partial charge < -0.3 is 15.1 Å². The van der Waals surface area contributed by atoms with Crippen molar-refractivity contribution in [2.24, 2.45) is 5.92 Å². The van der Waals surface area contributed by atoms with Crippen LogP contribution in [0, 0.1) is 17.6 Å². The van der Waals surface area contributed by atoms with Crippen molar-refractivity contribution < 1.29 is 23.8 Å². The summed E-state index contributed by atoms with van der Waals surface area (Å²) in [4.78, 5) is 12.7. The standard InChI is InChI=1S/C14H17F2NO3/c15-11-5-10(6-12(16)7-11)13(18)8-17-3-1-9(2-4-17)14(19)20/h5-7,9,13,18H,1-4,8H2,(H,19,20). The molecule has 0 amide bonds. The number of carboxylic acid groups (broad SMARTS) is 1. The van der Waals surface area contributed by atoms with Crippen molar-refractivity contribution >= 4 is 5.97 Å². The number of hydrogen-bond acceptors (Lipinski definition) is 3. The number of β-amino-alcohol motifs (C(OH)–C–C–N with tert-alkyl or cyclic N) is 1. The Labute approximate surface area is 115 Å². The average Bonchev–Trinajstić information content (AvgIpc) is 2.38. The average molecular weight is 285 g/mol. The number of carboxylic acids is 1. The van der Waals surface area contributed by atoms with E-state index in [1.165, 1.54) is 0 Å². The molecule has 1 heterocycles. The minimum Gasteiger partial charge on any atom is -0.481 e. The van der Waals surface area contributed by atoms with Gasteiger partial charge in [0.05, 0.1) is 12.0 Å². The van der Waals surface area contributed by atoms with Crippen LogP contribution in [-0.2, 0) is 4.79 Å². The Morgan fingerprint density at radius 1 is 1.25 bits per heavy atom. The summed E-state index contributed by atoms with van der Waals surface area (Å²) < 4.78 is 26.2. The van der Waals surface area contributed by atoms with Gasteiger partial charge in [-0.3, -0.25) is 4.79 Å². The maximum atomic E-state index is 13.1. The van der Waals surface area contributed by atoms with E-state index in [0.29, 0.717) is 25.9 Å². The van der Waals surface area contributed by atoms with Crippen molar-refractivity contribution in [2.75, 3.05) is 19.6 Å². The highest BCUT2D eigenvalue weighted by molar-refractivity contribution is 5.70. The highest BCUT2D eigenvalue weighted by atomic mass is 19.1. The van der Waals surface area contributed by atoms with Gasteiger partial charge in [0, 0.05) is 12.6 Å². The normalized spacial score (nSPS) is 18.9. The molecular weight excluding hydrogens is 268 g/mol. The molecule has 1 atom stereocenters. The molecular formula is C14H17F2NO3. The Morgan fingerprint density at radius 3 is 2.30 bits per heavy atom. The molecule has 110 valence electrons. The lowest BCUT2D eigenvalue weighted by Crippen LogP contribution is -2.38. The fourth-order valence-corrected chi connectivity index (χ4v) is 2.48. The molecule has 1 unspecified atom stereocenters. The molecule has 0 saturated carbocycles. The molecule has 1 aliphatic rings. The molecule has 0 aromatic heterocycles. The molecule has 1 aromatic rings. The van der Waals surface area contributed by atoms with E-state index in [1.807, 2.05) is 4.90 Å². The second kappa shape index (κ2) is 6.28. The van der Waals surface area contributed by atoms with Gasteiger partial charge in [0.1, 0.15) is 11.6 Å². The largest absolute Gasteiger partial charge is 0.481 e. The highest BCUT2D eigenvalue weighted by Gasteiger charge is 2.25. The van der Waals surface area contributed by atoms with E-state index in [2.05, 4.69) is 0 Å². The summed E-state index contributed by atoms with van der Waals surface area (Å²) in [5.41, 5.74) is 0.197. The third-order valence-electron chi connectivity index (χ3n) is 3.64. The Kier molecular flexibility index (Phi) is 4.67. The topological polar surface area (TPSA) is 60.8 Å². The Morgan fingerprint density at radius 2 is 1.80 bits per heavy atom. The molecule has 2 rings (SSSR count). The van der Waals surface area contributed by atoms with Gasteiger partial charge in [-0.15, -0.1) is 0 Å². The van der Waals surface area contributed by atoms with Crippen molar-refractivity contribution in [3.05, 3.63) is 35.4 Å². The number of halogens is 2. The second-order valence-electron chi connectivity index (χ2n) is 5.13. The van der Waals surface area contributed by atoms with Gasteiger partial charge in [0.15, 0.2) is 0 Å². The van der Waals surface area contributed by atoms with Crippen LogP contribution in [0.3, 0.4) is 0 Å². The van der Waals surface area contributed by atoms with Crippen LogP contribution in [-0.4, -0.2) is 40.7 Å². The first kappa shape index (κ1) is 14.9.